The van der Waals surface area contributed by atoms with Gasteiger partial charge >= 0.3 is 0 Å². The Morgan fingerprint density at radius 3 is 1.32 bits per heavy atom. The lowest BCUT2D eigenvalue weighted by Gasteiger charge is -2.41. The summed E-state index contributed by atoms with van der Waals surface area (Å²) >= 11 is 0. The number of rotatable bonds is 15. The van der Waals surface area contributed by atoms with Crippen molar-refractivity contribution in [2.75, 3.05) is 55.9 Å². The van der Waals surface area contributed by atoms with Crippen molar-refractivity contribution in [3.05, 3.63) is 12.2 Å². The van der Waals surface area contributed by atoms with Crippen molar-refractivity contribution in [1.82, 2.24) is 55.6 Å². The van der Waals surface area contributed by atoms with Crippen molar-refractivity contribution >= 4 is 65.0 Å². The summed E-state index contributed by atoms with van der Waals surface area (Å²) in [5, 5.41) is 23.1. The number of amides is 11. The largest absolute Gasteiger partial charge is 0.390 e. The highest BCUT2D eigenvalue weighted by atomic mass is 16.3. The van der Waals surface area contributed by atoms with Gasteiger partial charge in [0, 0.05) is 49.3 Å². The zero-order valence-electron chi connectivity index (χ0n) is 56.1. The number of carbonyl (C=O) groups is 11. The van der Waals surface area contributed by atoms with Crippen LogP contribution in [0, 0.1) is 41.4 Å². The highest BCUT2D eigenvalue weighted by Crippen LogP contribution is 2.26. The number of carbonyl (C=O) groups excluding carboxylic acids is 11. The summed E-state index contributed by atoms with van der Waals surface area (Å²) in [6, 6.07) is -12.3. The lowest BCUT2D eigenvalue weighted by Crippen LogP contribution is -2.63. The highest BCUT2D eigenvalue weighted by Gasteiger charge is 2.45. The molecular formula is C62H111N11O12. The molecule has 1 rings (SSSR count). The number of likely N-dealkylation sites (N-methyl/N-ethyl adjacent to an activating group) is 7. The standard InChI is InChI=1S/C62H111N11O12/c1-25-27-28-40(15)52(75)51-56(79)65-43(26-2)58(81)67(18)33-48(74)68(19)44(29-34(3)4)55(78)66-49(38(11)12)61(84)69(20)45(30-35(5)6)54(77)63-41(16)53(76)64-42(17)57(80)70(21)46(31-36(7)8)59(82)71(22)47(32-37(9)10)60(83)72(23)50(39(13)14)62(85)73(51)24/h25,27,34-47,49-52,75H,26,28-33H2,1-24H3,(H,63,77)(H,64,76)(H,65,79)(H,66,78)/b27-25+/t40-,41-,42+,43-,44+,45-,46-,47+,49-,50-,51-,52-/m1/s1. The van der Waals surface area contributed by atoms with Crippen molar-refractivity contribution in [1.29, 1.82) is 0 Å². The van der Waals surface area contributed by atoms with Gasteiger partial charge in [0.15, 0.2) is 0 Å². The molecule has 0 aromatic rings. The summed E-state index contributed by atoms with van der Waals surface area (Å²) in [5.41, 5.74) is 0. The van der Waals surface area contributed by atoms with Crippen LogP contribution in [0.4, 0.5) is 0 Å². The Kier molecular flexibility index (Phi) is 31.5. The summed E-state index contributed by atoms with van der Waals surface area (Å²) in [4.78, 5) is 169. The van der Waals surface area contributed by atoms with Gasteiger partial charge in [-0.25, -0.2) is 0 Å². The highest BCUT2D eigenvalue weighted by molar-refractivity contribution is 5.99. The first-order chi connectivity index (χ1) is 39.2. The van der Waals surface area contributed by atoms with E-state index in [-0.39, 0.29) is 55.8 Å². The zero-order valence-corrected chi connectivity index (χ0v) is 56.1. The molecule has 486 valence electrons. The van der Waals surface area contributed by atoms with E-state index in [2.05, 4.69) is 21.3 Å². The molecule has 0 aromatic carbocycles. The van der Waals surface area contributed by atoms with E-state index in [4.69, 9.17) is 0 Å². The molecule has 0 unspecified atom stereocenters. The van der Waals surface area contributed by atoms with E-state index in [0.717, 1.165) is 9.80 Å². The molecule has 5 N–H and O–H groups in total. The van der Waals surface area contributed by atoms with Crippen molar-refractivity contribution in [2.24, 2.45) is 41.4 Å². The van der Waals surface area contributed by atoms with Crippen LogP contribution in [-0.4, -0.2) is 227 Å². The Morgan fingerprint density at radius 2 is 0.871 bits per heavy atom. The number of hydrogen-bond acceptors (Lipinski definition) is 12. The third-order valence-electron chi connectivity index (χ3n) is 16.1. The van der Waals surface area contributed by atoms with Gasteiger partial charge in [0.2, 0.25) is 65.0 Å². The zero-order chi connectivity index (χ0) is 66.0. The molecule has 85 heavy (non-hydrogen) atoms. The first-order valence-corrected chi connectivity index (χ1v) is 30.6. The molecule has 0 aromatic heterocycles. The van der Waals surface area contributed by atoms with Gasteiger partial charge in [-0.1, -0.05) is 109 Å². The third-order valence-corrected chi connectivity index (χ3v) is 16.1. The molecule has 0 bridgehead atoms. The van der Waals surface area contributed by atoms with Gasteiger partial charge < -0.3 is 60.7 Å². The summed E-state index contributed by atoms with van der Waals surface area (Å²) < 4.78 is 0. The van der Waals surface area contributed by atoms with E-state index >= 15 is 9.59 Å². The number of aliphatic hydroxyl groups is 1. The van der Waals surface area contributed by atoms with Crippen LogP contribution in [0.5, 0.6) is 0 Å². The average molecular weight is 1200 g/mol. The lowest BCUT2D eigenvalue weighted by molar-refractivity contribution is -0.157. The number of allylic oxidation sites excluding steroid dienone is 2. The number of nitrogens with one attached hydrogen (secondary N) is 4. The van der Waals surface area contributed by atoms with Crippen molar-refractivity contribution in [3.8, 4) is 0 Å². The molecule has 1 fully saturated rings. The molecule has 23 heteroatoms. The summed E-state index contributed by atoms with van der Waals surface area (Å²) in [6.07, 6.45) is 3.04. The second kappa shape index (κ2) is 34.9. The maximum atomic E-state index is 15.1. The van der Waals surface area contributed by atoms with Crippen molar-refractivity contribution in [2.45, 2.75) is 223 Å². The van der Waals surface area contributed by atoms with Gasteiger partial charge in [0.05, 0.1) is 12.6 Å². The Hall–Kier alpha value is -6.13. The number of hydrogen-bond donors (Lipinski definition) is 5. The molecule has 1 saturated heterocycles. The van der Waals surface area contributed by atoms with E-state index in [1.807, 2.05) is 61.5 Å². The predicted molar refractivity (Wildman–Crippen MR) is 328 cm³/mol. The number of nitrogens with zero attached hydrogens (tertiary/aromatic N) is 7. The molecule has 0 aliphatic carbocycles. The average Bonchev–Trinajstić information content (AvgIpc) is 3.62. The molecule has 1 heterocycles. The van der Waals surface area contributed by atoms with Crippen LogP contribution in [0.1, 0.15) is 156 Å². The Bertz CT molecular complexity index is 2330. The second-order valence-electron chi connectivity index (χ2n) is 26.1. The minimum Gasteiger partial charge on any atom is -0.390 e. The van der Waals surface area contributed by atoms with Gasteiger partial charge in [-0.05, 0) is 101 Å². The minimum absolute atomic E-state index is 0.0229. The predicted octanol–water partition coefficient (Wildman–Crippen LogP) is 3.27. The molecule has 0 spiro atoms. The maximum absolute atomic E-state index is 15.1. The van der Waals surface area contributed by atoms with Crippen LogP contribution in [-0.2, 0) is 52.7 Å². The number of aliphatic hydroxyl groups excluding tert-OH is 1. The topological polar surface area (TPSA) is 279 Å². The Morgan fingerprint density at radius 1 is 0.459 bits per heavy atom. The lowest BCUT2D eigenvalue weighted by atomic mass is 9.91. The summed E-state index contributed by atoms with van der Waals surface area (Å²) in [7, 11) is 9.92. The molecule has 23 nitrogen and oxygen atoms in total. The molecule has 0 radical (unpaired) electrons. The minimum atomic E-state index is -1.61. The SMILES string of the molecule is C/C=C/C[C@@H](C)[C@@H](O)[C@@H]1C(=O)N[C@H](CC)C(=O)N(C)CC(=O)N(C)[C@@H](CC(C)C)C(=O)N[C@H](C(C)C)C(=O)N(C)[C@H](CC(C)C)C(=O)N[C@H](C)C(=O)N[C@@H](C)C(=O)N(C)[C@H](CC(C)C)C(=O)N(C)[C@@H](CC(C)C)C(=O)N(C)[C@H](C(C)C)C(=O)N1C. The fourth-order valence-corrected chi connectivity index (χ4v) is 10.7. The van der Waals surface area contributed by atoms with Crippen LogP contribution >= 0.6 is 0 Å². The summed E-state index contributed by atoms with van der Waals surface area (Å²) in [5.74, 6) is -9.71. The molecule has 11 amide bonds. The first kappa shape index (κ1) is 76.9. The molecular weight excluding hydrogens is 1090 g/mol. The van der Waals surface area contributed by atoms with Crippen LogP contribution < -0.4 is 21.3 Å². The van der Waals surface area contributed by atoms with E-state index in [0.29, 0.717) is 6.42 Å². The molecule has 1 aliphatic rings. The van der Waals surface area contributed by atoms with Crippen LogP contribution in [0.15, 0.2) is 12.2 Å². The van der Waals surface area contributed by atoms with E-state index in [1.165, 1.54) is 87.7 Å². The molecule has 12 atom stereocenters. The fourth-order valence-electron chi connectivity index (χ4n) is 10.7. The van der Waals surface area contributed by atoms with Gasteiger partial charge in [0.1, 0.15) is 60.4 Å². The summed E-state index contributed by atoms with van der Waals surface area (Å²) in [6.45, 7) is 29.3. The smallest absolute Gasteiger partial charge is 0.246 e. The normalized spacial score (nSPS) is 26.9. The van der Waals surface area contributed by atoms with Gasteiger partial charge in [-0.2, -0.15) is 0 Å². The van der Waals surface area contributed by atoms with Crippen LogP contribution in [0.3, 0.4) is 0 Å². The van der Waals surface area contributed by atoms with Gasteiger partial charge in [-0.3, -0.25) is 52.7 Å². The monoisotopic (exact) mass is 1200 g/mol. The Balaban J connectivity index is 4.32. The van der Waals surface area contributed by atoms with Gasteiger partial charge in [0.25, 0.3) is 0 Å². The van der Waals surface area contributed by atoms with Crippen LogP contribution in [0.25, 0.3) is 0 Å². The fraction of sp³-hybridized carbons (Fsp3) is 0.790. The molecule has 1 aliphatic heterocycles. The van der Waals surface area contributed by atoms with E-state index in [1.54, 1.807) is 54.5 Å². The maximum Gasteiger partial charge on any atom is 0.246 e. The van der Waals surface area contributed by atoms with Gasteiger partial charge in [-0.15, -0.1) is 0 Å². The first-order valence-electron chi connectivity index (χ1n) is 30.6. The van der Waals surface area contributed by atoms with Crippen LogP contribution in [0.2, 0.25) is 0 Å². The van der Waals surface area contributed by atoms with Crippen molar-refractivity contribution in [3.63, 3.8) is 0 Å². The third kappa shape index (κ3) is 21.7. The van der Waals surface area contributed by atoms with E-state index in [9.17, 15) is 48.3 Å². The van der Waals surface area contributed by atoms with E-state index < -0.39 is 156 Å². The quantitative estimate of drug-likeness (QED) is 0.148. The molecule has 0 saturated carbocycles. The van der Waals surface area contributed by atoms with Crippen molar-refractivity contribution < 1.29 is 57.8 Å². The Labute approximate surface area is 508 Å². The second-order valence-corrected chi connectivity index (χ2v) is 26.1.